The zero-order chi connectivity index (χ0) is 21.2. The van der Waals surface area contributed by atoms with E-state index in [-0.39, 0.29) is 36.1 Å². The maximum absolute atomic E-state index is 12.6. The smallest absolute Gasteiger partial charge is 0.251 e. The number of methoxy groups -OCH3 is 2. The Morgan fingerprint density at radius 3 is 2.55 bits per heavy atom. The molecule has 0 aromatic heterocycles. The van der Waals surface area contributed by atoms with Gasteiger partial charge >= 0.3 is 0 Å². The minimum absolute atomic E-state index is 0.0949. The van der Waals surface area contributed by atoms with Crippen LogP contribution in [0.25, 0.3) is 0 Å². The summed E-state index contributed by atoms with van der Waals surface area (Å²) in [6, 6.07) is 6.71. The number of likely N-dealkylation sites (N-methyl/N-ethyl adjacent to an activating group) is 1. The molecule has 0 spiro atoms. The quantitative estimate of drug-likeness (QED) is 0.665. The molecule has 160 valence electrons. The summed E-state index contributed by atoms with van der Waals surface area (Å²) >= 11 is 0. The second kappa shape index (κ2) is 11.4. The van der Waals surface area contributed by atoms with Crippen molar-refractivity contribution in [3.8, 4) is 5.75 Å². The van der Waals surface area contributed by atoms with Crippen molar-refractivity contribution in [3.05, 3.63) is 29.8 Å². The van der Waals surface area contributed by atoms with Gasteiger partial charge in [0.25, 0.3) is 5.91 Å². The molecule has 3 amide bonds. The van der Waals surface area contributed by atoms with E-state index in [1.807, 2.05) is 0 Å². The molecule has 0 unspecified atom stereocenters. The molecule has 0 bridgehead atoms. The topological polar surface area (TPSA) is 97.0 Å². The highest BCUT2D eigenvalue weighted by Crippen LogP contribution is 2.19. The van der Waals surface area contributed by atoms with Gasteiger partial charge in [-0.05, 0) is 37.1 Å². The number of nitrogens with zero attached hydrogens (tertiary/aromatic N) is 1. The van der Waals surface area contributed by atoms with Crippen LogP contribution in [-0.2, 0) is 14.3 Å². The number of nitrogens with one attached hydrogen (secondary N) is 2. The summed E-state index contributed by atoms with van der Waals surface area (Å²) in [5.74, 6) is -0.0828. The predicted octanol–water partition coefficient (Wildman–Crippen LogP) is 1.20. The number of hydrogen-bond donors (Lipinski definition) is 2. The molecular formula is C21H31N3O5. The Bertz CT molecular complexity index is 692. The van der Waals surface area contributed by atoms with Crippen LogP contribution in [0, 0.1) is 5.92 Å². The first-order valence-electron chi connectivity index (χ1n) is 9.90. The molecule has 2 atom stereocenters. The van der Waals surface area contributed by atoms with E-state index >= 15 is 0 Å². The van der Waals surface area contributed by atoms with Gasteiger partial charge in [0, 0.05) is 51.2 Å². The van der Waals surface area contributed by atoms with Crippen LogP contribution in [0.15, 0.2) is 24.3 Å². The molecular weight excluding hydrogens is 374 g/mol. The van der Waals surface area contributed by atoms with E-state index in [9.17, 15) is 14.4 Å². The summed E-state index contributed by atoms with van der Waals surface area (Å²) in [6.07, 6.45) is 2.22. The molecule has 1 heterocycles. The van der Waals surface area contributed by atoms with Gasteiger partial charge in [-0.1, -0.05) is 6.42 Å². The molecule has 29 heavy (non-hydrogen) atoms. The Morgan fingerprint density at radius 2 is 1.90 bits per heavy atom. The summed E-state index contributed by atoms with van der Waals surface area (Å²) in [5, 5.41) is 5.83. The molecule has 1 saturated heterocycles. The van der Waals surface area contributed by atoms with Gasteiger partial charge in [-0.15, -0.1) is 0 Å². The average molecular weight is 405 g/mol. The van der Waals surface area contributed by atoms with E-state index in [4.69, 9.17) is 9.47 Å². The fourth-order valence-corrected chi connectivity index (χ4v) is 3.38. The van der Waals surface area contributed by atoms with E-state index in [1.54, 1.807) is 50.4 Å². The lowest BCUT2D eigenvalue weighted by atomic mass is 9.96. The Hall–Kier alpha value is -2.61. The third kappa shape index (κ3) is 7.05. The zero-order valence-corrected chi connectivity index (χ0v) is 17.4. The van der Waals surface area contributed by atoms with Crippen molar-refractivity contribution in [2.45, 2.75) is 31.7 Å². The highest BCUT2D eigenvalue weighted by Gasteiger charge is 2.27. The van der Waals surface area contributed by atoms with Crippen LogP contribution in [0.3, 0.4) is 0 Å². The Morgan fingerprint density at radius 1 is 1.17 bits per heavy atom. The number of hydrogen-bond acceptors (Lipinski definition) is 5. The Kier molecular flexibility index (Phi) is 8.92. The lowest BCUT2D eigenvalue weighted by Gasteiger charge is -2.24. The largest absolute Gasteiger partial charge is 0.497 e. The number of benzene rings is 1. The maximum Gasteiger partial charge on any atom is 0.251 e. The first kappa shape index (κ1) is 22.7. The first-order chi connectivity index (χ1) is 13.9. The molecule has 1 aromatic carbocycles. The van der Waals surface area contributed by atoms with Crippen LogP contribution in [0.5, 0.6) is 5.75 Å². The molecule has 2 rings (SSSR count). The summed E-state index contributed by atoms with van der Waals surface area (Å²) < 4.78 is 10.1. The summed E-state index contributed by atoms with van der Waals surface area (Å²) in [4.78, 5) is 39.1. The van der Waals surface area contributed by atoms with Crippen molar-refractivity contribution in [2.24, 2.45) is 5.92 Å². The van der Waals surface area contributed by atoms with Gasteiger partial charge in [0.1, 0.15) is 5.75 Å². The van der Waals surface area contributed by atoms with Crippen LogP contribution in [0.4, 0.5) is 0 Å². The van der Waals surface area contributed by atoms with Gasteiger partial charge < -0.3 is 25.0 Å². The van der Waals surface area contributed by atoms with E-state index in [0.29, 0.717) is 43.9 Å². The van der Waals surface area contributed by atoms with Crippen LogP contribution in [0.1, 0.15) is 36.0 Å². The van der Waals surface area contributed by atoms with Crippen LogP contribution in [0.2, 0.25) is 0 Å². The fraction of sp³-hybridized carbons (Fsp3) is 0.571. The van der Waals surface area contributed by atoms with Gasteiger partial charge in [-0.25, -0.2) is 0 Å². The molecule has 1 fully saturated rings. The van der Waals surface area contributed by atoms with Crippen molar-refractivity contribution in [3.63, 3.8) is 0 Å². The fourth-order valence-electron chi connectivity index (χ4n) is 3.38. The number of carbonyl (C=O) groups excluding carboxylic acids is 3. The highest BCUT2D eigenvalue weighted by atomic mass is 16.5. The molecule has 1 aliphatic heterocycles. The van der Waals surface area contributed by atoms with Crippen LogP contribution in [-0.4, -0.2) is 69.6 Å². The monoisotopic (exact) mass is 405 g/mol. The molecule has 1 aromatic rings. The van der Waals surface area contributed by atoms with Gasteiger partial charge in [0.05, 0.1) is 13.7 Å². The molecule has 2 N–H and O–H groups in total. The van der Waals surface area contributed by atoms with E-state index in [2.05, 4.69) is 10.6 Å². The van der Waals surface area contributed by atoms with Crippen molar-refractivity contribution < 1.29 is 23.9 Å². The minimum Gasteiger partial charge on any atom is -0.497 e. The lowest BCUT2D eigenvalue weighted by Crippen LogP contribution is -2.44. The summed E-state index contributed by atoms with van der Waals surface area (Å²) in [7, 11) is 4.86. The second-order valence-corrected chi connectivity index (χ2v) is 7.29. The van der Waals surface area contributed by atoms with Crippen molar-refractivity contribution >= 4 is 17.7 Å². The standard InChI is InChI=1S/C21H31N3O5/c1-24-14-17(23-21(27)15-7-9-18(29-3)10-8-15)6-4-5-16(13-19(24)25)20(26)22-11-12-28-2/h7-10,16-17H,4-6,11-14H2,1-3H3,(H,22,26)(H,23,27)/t16-,17-/m1/s1. The Balaban J connectivity index is 1.97. The van der Waals surface area contributed by atoms with Crippen LogP contribution >= 0.6 is 0 Å². The molecule has 1 aliphatic rings. The normalized spacial score (nSPS) is 20.2. The van der Waals surface area contributed by atoms with Gasteiger partial charge in [-0.3, -0.25) is 14.4 Å². The van der Waals surface area contributed by atoms with Crippen molar-refractivity contribution in [1.29, 1.82) is 0 Å². The van der Waals surface area contributed by atoms with Crippen molar-refractivity contribution in [1.82, 2.24) is 15.5 Å². The first-order valence-corrected chi connectivity index (χ1v) is 9.90. The second-order valence-electron chi connectivity index (χ2n) is 7.29. The van der Waals surface area contributed by atoms with Crippen LogP contribution < -0.4 is 15.4 Å². The highest BCUT2D eigenvalue weighted by molar-refractivity contribution is 5.94. The predicted molar refractivity (Wildman–Crippen MR) is 109 cm³/mol. The Labute approximate surface area is 171 Å². The zero-order valence-electron chi connectivity index (χ0n) is 17.4. The molecule has 0 aliphatic carbocycles. The maximum atomic E-state index is 12.6. The van der Waals surface area contributed by atoms with Gasteiger partial charge in [0.2, 0.25) is 11.8 Å². The molecule has 8 nitrogen and oxygen atoms in total. The molecule has 0 radical (unpaired) electrons. The summed E-state index contributed by atoms with van der Waals surface area (Å²) in [6.45, 7) is 1.28. The number of rotatable bonds is 7. The number of carbonyl (C=O) groups is 3. The average Bonchev–Trinajstić information content (AvgIpc) is 2.78. The number of ether oxygens (including phenoxy) is 2. The molecule has 8 heteroatoms. The van der Waals surface area contributed by atoms with E-state index in [0.717, 1.165) is 6.42 Å². The van der Waals surface area contributed by atoms with E-state index in [1.165, 1.54) is 0 Å². The minimum atomic E-state index is -0.363. The third-order valence-corrected chi connectivity index (χ3v) is 5.11. The summed E-state index contributed by atoms with van der Waals surface area (Å²) in [5.41, 5.74) is 0.537. The number of amides is 3. The third-order valence-electron chi connectivity index (χ3n) is 5.11. The van der Waals surface area contributed by atoms with Gasteiger partial charge in [0.15, 0.2) is 0 Å². The SMILES string of the molecule is COCCNC(=O)[C@@H]1CCC[C@@H](NC(=O)c2ccc(OC)cc2)CN(C)C(=O)C1. The van der Waals surface area contributed by atoms with E-state index < -0.39 is 0 Å². The van der Waals surface area contributed by atoms with Gasteiger partial charge in [-0.2, -0.15) is 0 Å². The van der Waals surface area contributed by atoms with Crippen molar-refractivity contribution in [2.75, 3.05) is 41.0 Å². The molecule has 0 saturated carbocycles. The lowest BCUT2D eigenvalue weighted by molar-refractivity contribution is -0.135.